The third-order valence-corrected chi connectivity index (χ3v) is 8.36. The Hall–Kier alpha value is -2.74. The van der Waals surface area contributed by atoms with E-state index in [4.69, 9.17) is 17.0 Å². The summed E-state index contributed by atoms with van der Waals surface area (Å²) < 4.78 is 2.23. The van der Waals surface area contributed by atoms with Crippen LogP contribution in [0.1, 0.15) is 39.7 Å². The van der Waals surface area contributed by atoms with Crippen molar-refractivity contribution in [2.24, 2.45) is 0 Å². The molecule has 0 bridgehead atoms. The molecule has 0 amide bonds. The number of rotatable bonds is 5. The molecule has 0 spiro atoms. The third kappa shape index (κ3) is 3.94. The fraction of sp³-hybridized carbons (Fsp3) is 0.200. The third-order valence-electron chi connectivity index (χ3n) is 5.86. The van der Waals surface area contributed by atoms with Crippen LogP contribution < -0.4 is 0 Å². The molecule has 1 fully saturated rings. The lowest BCUT2D eigenvalue weighted by Gasteiger charge is -2.10. The van der Waals surface area contributed by atoms with Crippen LogP contribution >= 0.6 is 34.7 Å². The van der Waals surface area contributed by atoms with Crippen LogP contribution in [0.25, 0.3) is 17.0 Å². The van der Waals surface area contributed by atoms with Gasteiger partial charge in [0.15, 0.2) is 5.78 Å². The van der Waals surface area contributed by atoms with Crippen LogP contribution in [0.2, 0.25) is 5.02 Å². The van der Waals surface area contributed by atoms with Gasteiger partial charge in [0.2, 0.25) is 0 Å². The van der Waals surface area contributed by atoms with E-state index in [0.717, 1.165) is 44.2 Å². The van der Waals surface area contributed by atoms with E-state index in [0.29, 0.717) is 21.5 Å². The van der Waals surface area contributed by atoms with E-state index in [2.05, 4.69) is 33.8 Å². The number of ketones is 1. The molecule has 4 aromatic rings. The van der Waals surface area contributed by atoms with Gasteiger partial charge in [-0.1, -0.05) is 66.7 Å². The Balaban J connectivity index is 1.57. The summed E-state index contributed by atoms with van der Waals surface area (Å²) in [6.07, 6.45) is 2.70. The van der Waals surface area contributed by atoms with Crippen LogP contribution in [-0.2, 0) is 17.8 Å². The second-order valence-electron chi connectivity index (χ2n) is 7.85. The maximum absolute atomic E-state index is 13.3. The fourth-order valence-electron chi connectivity index (χ4n) is 4.11. The second-order valence-corrected chi connectivity index (χ2v) is 10.4. The standard InChI is InChI=1S/C25H21ClN4OS2/c1-3-21-28-29-25(33-21)22-23(31)20(32-24(22)27)12-17-14(2)30(19-11-7-5-9-16(17)19)13-15-8-4-6-10-18(15)26/h4-12,22,27H,3,13H2,1-2H3/b20-12-,27-24?/t22-/m1/s1. The van der Waals surface area contributed by atoms with Crippen LogP contribution in [0.3, 0.4) is 0 Å². The molecule has 0 saturated carbocycles. The number of hydrogen-bond acceptors (Lipinski definition) is 6. The Kier molecular flexibility index (Phi) is 5.95. The summed E-state index contributed by atoms with van der Waals surface area (Å²) in [5.74, 6) is -0.720. The Morgan fingerprint density at radius 1 is 1.15 bits per heavy atom. The zero-order valence-electron chi connectivity index (χ0n) is 18.1. The number of thioether (sulfide) groups is 1. The zero-order chi connectivity index (χ0) is 23.1. The molecule has 1 N–H and O–H groups in total. The van der Waals surface area contributed by atoms with Crippen molar-refractivity contribution in [2.75, 3.05) is 0 Å². The van der Waals surface area contributed by atoms with Crippen molar-refractivity contribution in [1.29, 1.82) is 5.41 Å². The number of para-hydroxylation sites is 1. The van der Waals surface area contributed by atoms with Gasteiger partial charge < -0.3 is 4.57 Å². The molecule has 8 heteroatoms. The summed E-state index contributed by atoms with van der Waals surface area (Å²) in [6.45, 7) is 4.71. The van der Waals surface area contributed by atoms with Gasteiger partial charge in [0, 0.05) is 33.7 Å². The SMILES string of the molecule is CCc1nnc([C@H]2C(=N)S/C(=C\c3c(C)n(Cc4ccccc4Cl)c4ccccc34)C2=O)s1. The van der Waals surface area contributed by atoms with Crippen LogP contribution in [0, 0.1) is 12.3 Å². The lowest BCUT2D eigenvalue weighted by Crippen LogP contribution is -2.11. The zero-order valence-corrected chi connectivity index (χ0v) is 20.5. The maximum atomic E-state index is 13.3. The van der Waals surface area contributed by atoms with E-state index < -0.39 is 5.92 Å². The van der Waals surface area contributed by atoms with Gasteiger partial charge in [0.05, 0.1) is 9.95 Å². The molecule has 5 nitrogen and oxygen atoms in total. The van der Waals surface area contributed by atoms with Gasteiger partial charge in [-0.05, 0) is 37.1 Å². The largest absolute Gasteiger partial charge is 0.340 e. The van der Waals surface area contributed by atoms with E-state index in [1.54, 1.807) is 0 Å². The molecule has 2 aromatic carbocycles. The van der Waals surface area contributed by atoms with Gasteiger partial charge in [0.1, 0.15) is 15.9 Å². The smallest absolute Gasteiger partial charge is 0.186 e. The summed E-state index contributed by atoms with van der Waals surface area (Å²) in [4.78, 5) is 13.9. The average molecular weight is 493 g/mol. The highest BCUT2D eigenvalue weighted by Crippen LogP contribution is 2.42. The number of nitrogens with one attached hydrogen (secondary N) is 1. The monoisotopic (exact) mass is 492 g/mol. The van der Waals surface area contributed by atoms with Crippen molar-refractivity contribution < 1.29 is 4.79 Å². The molecule has 1 aliphatic rings. The van der Waals surface area contributed by atoms with Crippen LogP contribution in [0.5, 0.6) is 0 Å². The summed E-state index contributed by atoms with van der Waals surface area (Å²) in [5, 5.41) is 20.4. The van der Waals surface area contributed by atoms with E-state index in [1.807, 2.05) is 49.4 Å². The van der Waals surface area contributed by atoms with Crippen molar-refractivity contribution in [2.45, 2.75) is 32.7 Å². The van der Waals surface area contributed by atoms with Crippen molar-refractivity contribution in [1.82, 2.24) is 14.8 Å². The molecule has 0 aliphatic carbocycles. The number of benzene rings is 2. The Labute approximate surface area is 205 Å². The minimum absolute atomic E-state index is 0.0776. The molecular formula is C25H21ClN4OS2. The summed E-state index contributed by atoms with van der Waals surface area (Å²) in [6, 6.07) is 16.0. The Morgan fingerprint density at radius 2 is 1.91 bits per heavy atom. The number of fused-ring (bicyclic) bond motifs is 1. The van der Waals surface area contributed by atoms with E-state index in [-0.39, 0.29) is 5.78 Å². The maximum Gasteiger partial charge on any atom is 0.186 e. The Bertz CT molecular complexity index is 1440. The number of Topliss-reactive ketones (excluding diaryl/α,β-unsaturated/α-hetero) is 1. The number of carbonyl (C=O) groups excluding carboxylic acids is 1. The van der Waals surface area contributed by atoms with E-state index >= 15 is 0 Å². The molecule has 166 valence electrons. The van der Waals surface area contributed by atoms with Gasteiger partial charge >= 0.3 is 0 Å². The lowest BCUT2D eigenvalue weighted by atomic mass is 10.0. The molecular weight excluding hydrogens is 472 g/mol. The minimum atomic E-state index is -0.643. The highest BCUT2D eigenvalue weighted by atomic mass is 35.5. The predicted octanol–water partition coefficient (Wildman–Crippen LogP) is 6.48. The molecule has 0 radical (unpaired) electrons. The number of aromatic nitrogens is 3. The van der Waals surface area contributed by atoms with Gasteiger partial charge in [-0.25, -0.2) is 0 Å². The highest BCUT2D eigenvalue weighted by Gasteiger charge is 2.39. The van der Waals surface area contributed by atoms with Gasteiger partial charge in [-0.2, -0.15) is 0 Å². The number of nitrogens with zero attached hydrogens (tertiary/aromatic N) is 3. The summed E-state index contributed by atoms with van der Waals surface area (Å²) >= 11 is 9.08. The first-order valence-electron chi connectivity index (χ1n) is 10.6. The molecule has 5 rings (SSSR count). The lowest BCUT2D eigenvalue weighted by molar-refractivity contribution is -0.114. The average Bonchev–Trinajstić information content (AvgIpc) is 3.46. The first-order valence-corrected chi connectivity index (χ1v) is 12.6. The van der Waals surface area contributed by atoms with E-state index in [1.165, 1.54) is 23.1 Å². The first kappa shape index (κ1) is 22.1. The molecule has 1 aliphatic heterocycles. The molecule has 33 heavy (non-hydrogen) atoms. The number of aryl methyl sites for hydroxylation is 1. The minimum Gasteiger partial charge on any atom is -0.340 e. The number of hydrogen-bond donors (Lipinski definition) is 1. The highest BCUT2D eigenvalue weighted by molar-refractivity contribution is 8.19. The summed E-state index contributed by atoms with van der Waals surface area (Å²) in [7, 11) is 0. The topological polar surface area (TPSA) is 71.6 Å². The molecule has 3 heterocycles. The molecule has 1 atom stereocenters. The predicted molar refractivity (Wildman–Crippen MR) is 138 cm³/mol. The molecule has 2 aromatic heterocycles. The van der Waals surface area contributed by atoms with Gasteiger partial charge in [-0.15, -0.1) is 21.5 Å². The fourth-order valence-corrected chi connectivity index (χ4v) is 6.24. The number of halogens is 1. The van der Waals surface area contributed by atoms with Crippen molar-refractivity contribution in [3.63, 3.8) is 0 Å². The van der Waals surface area contributed by atoms with E-state index in [9.17, 15) is 4.79 Å². The van der Waals surface area contributed by atoms with Crippen LogP contribution in [0.4, 0.5) is 0 Å². The Morgan fingerprint density at radius 3 is 2.67 bits per heavy atom. The van der Waals surface area contributed by atoms with Crippen LogP contribution in [0.15, 0.2) is 53.4 Å². The van der Waals surface area contributed by atoms with Gasteiger partial charge in [0.25, 0.3) is 0 Å². The summed E-state index contributed by atoms with van der Waals surface area (Å²) in [5.41, 5.74) is 4.17. The van der Waals surface area contributed by atoms with Gasteiger partial charge in [-0.3, -0.25) is 10.2 Å². The number of carbonyl (C=O) groups is 1. The van der Waals surface area contributed by atoms with Crippen molar-refractivity contribution in [3.05, 3.63) is 85.3 Å². The normalized spacial score (nSPS) is 17.5. The van der Waals surface area contributed by atoms with Crippen LogP contribution in [-0.4, -0.2) is 25.6 Å². The molecule has 0 unspecified atom stereocenters. The van der Waals surface area contributed by atoms with Crippen molar-refractivity contribution >= 4 is 62.5 Å². The number of allylic oxidation sites excluding steroid dienone is 1. The van der Waals surface area contributed by atoms with Crippen molar-refractivity contribution in [3.8, 4) is 0 Å². The quantitative estimate of drug-likeness (QED) is 0.323. The molecule has 1 saturated heterocycles. The second kappa shape index (κ2) is 8.89. The first-order chi connectivity index (χ1) is 16.0.